The van der Waals surface area contributed by atoms with Gasteiger partial charge in [-0.15, -0.1) is 17.5 Å². The van der Waals surface area contributed by atoms with Crippen LogP contribution in [0.1, 0.15) is 26.2 Å². The van der Waals surface area contributed by atoms with Gasteiger partial charge in [0.25, 0.3) is 0 Å². The number of carbonyl (C=O) groups excluding carboxylic acids is 1. The molecule has 2 aromatic rings. The van der Waals surface area contributed by atoms with E-state index in [1.54, 1.807) is 18.3 Å². The average molecular weight is 354 g/mol. The predicted octanol–water partition coefficient (Wildman–Crippen LogP) is 0.908. The number of rotatable bonds is 5. The summed E-state index contributed by atoms with van der Waals surface area (Å²) in [7, 11) is 0. The first kappa shape index (κ1) is 18.5. The number of amides is 1. The van der Waals surface area contributed by atoms with E-state index in [-0.39, 0.29) is 36.6 Å². The molecule has 7 nitrogen and oxygen atoms in total. The fourth-order valence-corrected chi connectivity index (χ4v) is 3.16. The molecule has 1 aliphatic heterocycles. The maximum atomic E-state index is 12.7. The number of nitrogens with one attached hydrogen (secondary N) is 1. The van der Waals surface area contributed by atoms with E-state index in [1.165, 1.54) is 9.08 Å². The van der Waals surface area contributed by atoms with Gasteiger partial charge in [-0.1, -0.05) is 13.0 Å². The lowest BCUT2D eigenvalue weighted by molar-refractivity contribution is -0.135. The number of hydrogen-bond acceptors (Lipinski definition) is 4. The number of hydrogen-bond donors (Lipinski definition) is 1. The Morgan fingerprint density at radius 1 is 1.38 bits per heavy atom. The van der Waals surface area contributed by atoms with Crippen LogP contribution < -0.4 is 11.0 Å². The van der Waals surface area contributed by atoms with Gasteiger partial charge >= 0.3 is 5.69 Å². The van der Waals surface area contributed by atoms with Gasteiger partial charge in [-0.3, -0.25) is 9.20 Å². The lowest BCUT2D eigenvalue weighted by Gasteiger charge is -2.34. The van der Waals surface area contributed by atoms with E-state index in [0.29, 0.717) is 5.65 Å². The summed E-state index contributed by atoms with van der Waals surface area (Å²) in [5, 5.41) is 7.57. The maximum absolute atomic E-state index is 12.7. The van der Waals surface area contributed by atoms with Crippen molar-refractivity contribution >= 4 is 24.0 Å². The summed E-state index contributed by atoms with van der Waals surface area (Å²) < 4.78 is 2.73. The molecule has 1 aliphatic rings. The number of pyridine rings is 1. The van der Waals surface area contributed by atoms with Crippen LogP contribution in [0.4, 0.5) is 0 Å². The van der Waals surface area contributed by atoms with Gasteiger partial charge in [0.15, 0.2) is 5.65 Å². The van der Waals surface area contributed by atoms with E-state index in [4.69, 9.17) is 0 Å². The Balaban J connectivity index is 0.00000208. The summed E-state index contributed by atoms with van der Waals surface area (Å²) >= 11 is 0. The number of halogens is 1. The molecule has 1 N–H and O–H groups in total. The van der Waals surface area contributed by atoms with E-state index in [0.717, 1.165) is 38.9 Å². The van der Waals surface area contributed by atoms with Crippen molar-refractivity contribution in [2.24, 2.45) is 0 Å². The molecule has 0 radical (unpaired) electrons. The third-order valence-corrected chi connectivity index (χ3v) is 4.31. The van der Waals surface area contributed by atoms with Crippen LogP contribution in [0.25, 0.3) is 5.65 Å². The molecule has 8 heteroatoms. The van der Waals surface area contributed by atoms with Crippen LogP contribution in [0.15, 0.2) is 29.2 Å². The molecular weight excluding hydrogens is 330 g/mol. The minimum atomic E-state index is -0.268. The Bertz CT molecular complexity index is 735. The van der Waals surface area contributed by atoms with Gasteiger partial charge in [-0.05, 0) is 44.5 Å². The van der Waals surface area contributed by atoms with E-state index >= 15 is 0 Å². The Hall–Kier alpha value is -1.86. The molecule has 0 unspecified atom stereocenters. The highest BCUT2D eigenvalue weighted by Crippen LogP contribution is 2.13. The monoisotopic (exact) mass is 353 g/mol. The van der Waals surface area contributed by atoms with Crippen molar-refractivity contribution in [1.29, 1.82) is 0 Å². The molecule has 3 heterocycles. The first-order valence-corrected chi connectivity index (χ1v) is 8.25. The molecule has 0 bridgehead atoms. The second kappa shape index (κ2) is 8.30. The van der Waals surface area contributed by atoms with E-state index < -0.39 is 0 Å². The van der Waals surface area contributed by atoms with Gasteiger partial charge in [0.05, 0.1) is 0 Å². The van der Waals surface area contributed by atoms with Gasteiger partial charge in [-0.25, -0.2) is 9.48 Å². The molecule has 132 valence electrons. The third-order valence-electron chi connectivity index (χ3n) is 4.31. The van der Waals surface area contributed by atoms with E-state index in [9.17, 15) is 9.59 Å². The van der Waals surface area contributed by atoms with Crippen molar-refractivity contribution in [3.8, 4) is 0 Å². The van der Waals surface area contributed by atoms with Gasteiger partial charge in [0.2, 0.25) is 5.91 Å². The van der Waals surface area contributed by atoms with Crippen LogP contribution in [0.2, 0.25) is 0 Å². The Labute approximate surface area is 147 Å². The molecule has 2 aromatic heterocycles. The zero-order valence-corrected chi connectivity index (χ0v) is 14.7. The van der Waals surface area contributed by atoms with E-state index in [2.05, 4.69) is 17.3 Å². The number of fused-ring (bicyclic) bond motifs is 1. The minimum Gasteiger partial charge on any atom is -0.338 e. The second-order valence-electron chi connectivity index (χ2n) is 5.94. The SMILES string of the molecule is CCCN(C(=O)Cn1nc2ccccn2c1=O)C1CCNCC1.Cl. The summed E-state index contributed by atoms with van der Waals surface area (Å²) in [5.74, 6) is -0.0238. The Kier molecular flexibility index (Phi) is 6.39. The minimum absolute atomic E-state index is 0. The Morgan fingerprint density at radius 3 is 2.79 bits per heavy atom. The lowest BCUT2D eigenvalue weighted by Crippen LogP contribution is -2.48. The zero-order chi connectivity index (χ0) is 16.2. The lowest BCUT2D eigenvalue weighted by atomic mass is 10.0. The number of aromatic nitrogens is 3. The molecule has 1 fully saturated rings. The highest BCUT2D eigenvalue weighted by molar-refractivity contribution is 5.85. The van der Waals surface area contributed by atoms with Crippen molar-refractivity contribution in [1.82, 2.24) is 24.4 Å². The molecule has 1 saturated heterocycles. The smallest absolute Gasteiger partial charge is 0.338 e. The van der Waals surface area contributed by atoms with Crippen LogP contribution in [0, 0.1) is 0 Å². The first-order valence-electron chi connectivity index (χ1n) is 8.25. The molecule has 24 heavy (non-hydrogen) atoms. The topological polar surface area (TPSA) is 71.6 Å². The molecule has 0 atom stereocenters. The quantitative estimate of drug-likeness (QED) is 0.867. The normalized spacial score (nSPS) is 15.2. The number of piperidine rings is 1. The largest absolute Gasteiger partial charge is 0.350 e. The highest BCUT2D eigenvalue weighted by Gasteiger charge is 2.25. The van der Waals surface area contributed by atoms with Gasteiger partial charge in [0, 0.05) is 18.8 Å². The zero-order valence-electron chi connectivity index (χ0n) is 13.9. The van der Waals surface area contributed by atoms with Crippen molar-refractivity contribution in [3.05, 3.63) is 34.9 Å². The first-order chi connectivity index (χ1) is 11.2. The third kappa shape index (κ3) is 3.79. The van der Waals surface area contributed by atoms with Gasteiger partial charge < -0.3 is 10.2 Å². The summed E-state index contributed by atoms with van der Waals surface area (Å²) in [6.45, 7) is 4.67. The van der Waals surface area contributed by atoms with Crippen LogP contribution in [0.3, 0.4) is 0 Å². The maximum Gasteiger partial charge on any atom is 0.350 e. The van der Waals surface area contributed by atoms with Gasteiger partial charge in [-0.2, -0.15) is 0 Å². The molecule has 3 rings (SSSR count). The molecule has 0 aliphatic carbocycles. The number of carbonyl (C=O) groups is 1. The van der Waals surface area contributed by atoms with Crippen LogP contribution in [-0.2, 0) is 11.3 Å². The van der Waals surface area contributed by atoms with Crippen LogP contribution in [-0.4, -0.2) is 50.7 Å². The van der Waals surface area contributed by atoms with Crippen molar-refractivity contribution in [2.45, 2.75) is 38.8 Å². The Morgan fingerprint density at radius 2 is 2.12 bits per heavy atom. The highest BCUT2D eigenvalue weighted by atomic mass is 35.5. The second-order valence-corrected chi connectivity index (χ2v) is 5.94. The molecular formula is C16H24ClN5O2. The predicted molar refractivity (Wildman–Crippen MR) is 94.6 cm³/mol. The van der Waals surface area contributed by atoms with Crippen molar-refractivity contribution < 1.29 is 4.79 Å². The summed E-state index contributed by atoms with van der Waals surface area (Å²) in [5.41, 5.74) is 0.296. The van der Waals surface area contributed by atoms with Crippen molar-refractivity contribution in [3.63, 3.8) is 0 Å². The molecule has 0 saturated carbocycles. The molecule has 0 spiro atoms. The standard InChI is InChI=1S/C16H23N5O2.ClH/c1-2-10-19(13-6-8-17-9-7-13)15(22)12-21-16(23)20-11-4-3-5-14(20)18-21;/h3-5,11,13,17H,2,6-10,12H2,1H3;1H. The van der Waals surface area contributed by atoms with Crippen LogP contribution >= 0.6 is 12.4 Å². The average Bonchev–Trinajstić information content (AvgIpc) is 2.89. The van der Waals surface area contributed by atoms with E-state index in [1.807, 2.05) is 11.0 Å². The van der Waals surface area contributed by atoms with Crippen LogP contribution in [0.5, 0.6) is 0 Å². The molecule has 0 aromatic carbocycles. The number of nitrogens with zero attached hydrogens (tertiary/aromatic N) is 4. The fourth-order valence-electron chi connectivity index (χ4n) is 3.16. The van der Waals surface area contributed by atoms with Gasteiger partial charge in [0.1, 0.15) is 6.54 Å². The summed E-state index contributed by atoms with van der Waals surface area (Å²) in [6.07, 6.45) is 4.51. The summed E-state index contributed by atoms with van der Waals surface area (Å²) in [4.78, 5) is 27.0. The summed E-state index contributed by atoms with van der Waals surface area (Å²) in [6, 6.07) is 5.63. The fraction of sp³-hybridized carbons (Fsp3) is 0.562. The van der Waals surface area contributed by atoms with Crippen molar-refractivity contribution in [2.75, 3.05) is 19.6 Å². The molecule has 1 amide bonds.